The van der Waals surface area contributed by atoms with Crippen LogP contribution in [0.25, 0.3) is 0 Å². The van der Waals surface area contributed by atoms with E-state index < -0.39 is 0 Å². The molecule has 6 nitrogen and oxygen atoms in total. The number of nitrogens with zero attached hydrogens (tertiary/aromatic N) is 3. The lowest BCUT2D eigenvalue weighted by Crippen LogP contribution is -2.09. The average Bonchev–Trinajstić information content (AvgIpc) is 3.10. The van der Waals surface area contributed by atoms with E-state index in [0.29, 0.717) is 39.1 Å². The Kier molecular flexibility index (Phi) is 8.74. The fourth-order valence-corrected chi connectivity index (χ4v) is 2.32. The molecule has 0 spiro atoms. The van der Waals surface area contributed by atoms with Gasteiger partial charge in [0.2, 0.25) is 0 Å². The number of hydrogen-bond donors (Lipinski definition) is 0. The first-order valence-electron chi connectivity index (χ1n) is 9.34. The lowest BCUT2D eigenvalue weighted by molar-refractivity contribution is 0.0143. The fourth-order valence-electron chi connectivity index (χ4n) is 2.32. The van der Waals surface area contributed by atoms with Crippen LogP contribution in [-0.4, -0.2) is 34.3 Å². The van der Waals surface area contributed by atoms with Crippen molar-refractivity contribution in [3.63, 3.8) is 0 Å². The number of aromatic nitrogens is 3. The van der Waals surface area contributed by atoms with Crippen LogP contribution in [0.1, 0.15) is 57.0 Å². The van der Waals surface area contributed by atoms with Gasteiger partial charge in [-0.15, -0.1) is 5.10 Å². The summed E-state index contributed by atoms with van der Waals surface area (Å²) < 4.78 is 18.7. The van der Waals surface area contributed by atoms with Gasteiger partial charge in [0, 0.05) is 0 Å². The molecule has 1 unspecified atom stereocenters. The summed E-state index contributed by atoms with van der Waals surface area (Å²) in [6.07, 6.45) is 3.24. The van der Waals surface area contributed by atoms with E-state index in [1.165, 1.54) is 0 Å². The molecule has 26 heavy (non-hydrogen) atoms. The quantitative estimate of drug-likeness (QED) is 0.537. The summed E-state index contributed by atoms with van der Waals surface area (Å²) in [5.41, 5.74) is 3.14. The summed E-state index contributed by atoms with van der Waals surface area (Å²) in [5, 5.41) is 8.29. The van der Waals surface area contributed by atoms with Gasteiger partial charge < -0.3 is 14.2 Å². The lowest BCUT2D eigenvalue weighted by atomic mass is 10.1. The van der Waals surface area contributed by atoms with E-state index in [1.54, 1.807) is 0 Å². The molecule has 1 aromatic heterocycles. The molecule has 0 amide bonds. The third-order valence-electron chi connectivity index (χ3n) is 4.09. The van der Waals surface area contributed by atoms with Crippen LogP contribution >= 0.6 is 0 Å². The summed E-state index contributed by atoms with van der Waals surface area (Å²) in [5.74, 6) is 0. The SMILES string of the molecule is CCC(C)n1cc(COCc2ccc(COCCOC(C)C)cc2)nn1. The average molecular weight is 361 g/mol. The number of hydrogen-bond acceptors (Lipinski definition) is 5. The molecule has 0 aliphatic rings. The van der Waals surface area contributed by atoms with Crippen LogP contribution in [-0.2, 0) is 34.0 Å². The standard InChI is InChI=1S/C20H31N3O3/c1-5-17(4)23-12-20(21-22-23)15-25-14-19-8-6-18(7-9-19)13-24-10-11-26-16(2)3/h6-9,12,16-17H,5,10-11,13-15H2,1-4H3. The van der Waals surface area contributed by atoms with E-state index >= 15 is 0 Å². The number of ether oxygens (including phenoxy) is 3. The summed E-state index contributed by atoms with van der Waals surface area (Å²) in [7, 11) is 0. The molecular weight excluding hydrogens is 330 g/mol. The molecule has 0 N–H and O–H groups in total. The summed E-state index contributed by atoms with van der Waals surface area (Å²) >= 11 is 0. The molecule has 6 heteroatoms. The van der Waals surface area contributed by atoms with Crippen LogP contribution < -0.4 is 0 Å². The molecular formula is C20H31N3O3. The van der Waals surface area contributed by atoms with E-state index in [2.05, 4.69) is 48.4 Å². The minimum absolute atomic E-state index is 0.248. The second-order valence-electron chi connectivity index (χ2n) is 6.73. The Balaban J connectivity index is 1.66. The first kappa shape index (κ1) is 20.6. The zero-order chi connectivity index (χ0) is 18.8. The fraction of sp³-hybridized carbons (Fsp3) is 0.600. The smallest absolute Gasteiger partial charge is 0.108 e. The molecule has 0 radical (unpaired) electrons. The Morgan fingerprint density at radius 1 is 0.923 bits per heavy atom. The molecule has 0 aliphatic carbocycles. The van der Waals surface area contributed by atoms with Crippen molar-refractivity contribution in [3.8, 4) is 0 Å². The monoisotopic (exact) mass is 361 g/mol. The Hall–Kier alpha value is -1.76. The third kappa shape index (κ3) is 7.23. The number of rotatable bonds is 12. The molecule has 0 bridgehead atoms. The molecule has 0 aliphatic heterocycles. The van der Waals surface area contributed by atoms with Crippen LogP contribution in [0.2, 0.25) is 0 Å². The highest BCUT2D eigenvalue weighted by molar-refractivity contribution is 5.21. The highest BCUT2D eigenvalue weighted by Crippen LogP contribution is 2.11. The zero-order valence-corrected chi connectivity index (χ0v) is 16.4. The highest BCUT2D eigenvalue weighted by atomic mass is 16.5. The topological polar surface area (TPSA) is 58.4 Å². The minimum Gasteiger partial charge on any atom is -0.376 e. The largest absolute Gasteiger partial charge is 0.376 e. The Morgan fingerprint density at radius 3 is 2.19 bits per heavy atom. The van der Waals surface area contributed by atoms with Crippen molar-refractivity contribution in [2.45, 2.75) is 66.1 Å². The lowest BCUT2D eigenvalue weighted by Gasteiger charge is -2.09. The third-order valence-corrected chi connectivity index (χ3v) is 4.09. The van der Waals surface area contributed by atoms with Gasteiger partial charge in [-0.3, -0.25) is 0 Å². The Bertz CT molecular complexity index is 625. The van der Waals surface area contributed by atoms with E-state index in [9.17, 15) is 0 Å². The molecule has 1 atom stereocenters. The van der Waals surface area contributed by atoms with Crippen LogP contribution in [0.5, 0.6) is 0 Å². The van der Waals surface area contributed by atoms with Crippen molar-refractivity contribution in [2.75, 3.05) is 13.2 Å². The first-order chi connectivity index (χ1) is 12.6. The van der Waals surface area contributed by atoms with Crippen molar-refractivity contribution in [2.24, 2.45) is 0 Å². The molecule has 0 saturated heterocycles. The van der Waals surface area contributed by atoms with Crippen molar-refractivity contribution in [1.29, 1.82) is 0 Å². The summed E-state index contributed by atoms with van der Waals surface area (Å²) in [6, 6.07) is 8.64. The van der Waals surface area contributed by atoms with Gasteiger partial charge in [-0.1, -0.05) is 36.4 Å². The van der Waals surface area contributed by atoms with Gasteiger partial charge in [0.05, 0.1) is 51.4 Å². The predicted octanol–water partition coefficient (Wildman–Crippen LogP) is 3.91. The minimum atomic E-state index is 0.248. The number of benzene rings is 1. The summed E-state index contributed by atoms with van der Waals surface area (Å²) in [6.45, 7) is 11.2. The molecule has 0 fully saturated rings. The van der Waals surface area contributed by atoms with Crippen molar-refractivity contribution in [1.82, 2.24) is 15.0 Å². The maximum absolute atomic E-state index is 5.74. The normalized spacial score (nSPS) is 12.7. The molecule has 1 heterocycles. The van der Waals surface area contributed by atoms with Crippen LogP contribution in [0, 0.1) is 0 Å². The maximum Gasteiger partial charge on any atom is 0.108 e. The maximum atomic E-state index is 5.74. The van der Waals surface area contributed by atoms with Crippen LogP contribution in [0.4, 0.5) is 0 Å². The molecule has 0 saturated carbocycles. The highest BCUT2D eigenvalue weighted by Gasteiger charge is 2.06. The first-order valence-corrected chi connectivity index (χ1v) is 9.34. The van der Waals surface area contributed by atoms with E-state index in [4.69, 9.17) is 14.2 Å². The van der Waals surface area contributed by atoms with Crippen LogP contribution in [0.15, 0.2) is 30.5 Å². The second kappa shape index (κ2) is 11.1. The molecule has 1 aromatic carbocycles. The molecule has 144 valence electrons. The van der Waals surface area contributed by atoms with Gasteiger partial charge in [-0.25, -0.2) is 4.68 Å². The van der Waals surface area contributed by atoms with Gasteiger partial charge in [0.15, 0.2) is 0 Å². The van der Waals surface area contributed by atoms with Gasteiger partial charge in [0.1, 0.15) is 5.69 Å². The molecule has 2 rings (SSSR count). The van der Waals surface area contributed by atoms with E-state index in [-0.39, 0.29) is 6.10 Å². The van der Waals surface area contributed by atoms with Gasteiger partial charge >= 0.3 is 0 Å². The van der Waals surface area contributed by atoms with Gasteiger partial charge in [-0.05, 0) is 38.3 Å². The van der Waals surface area contributed by atoms with E-state index in [1.807, 2.05) is 24.7 Å². The Morgan fingerprint density at radius 2 is 1.58 bits per heavy atom. The van der Waals surface area contributed by atoms with E-state index in [0.717, 1.165) is 23.2 Å². The molecule has 2 aromatic rings. The predicted molar refractivity (Wildman–Crippen MR) is 101 cm³/mol. The summed E-state index contributed by atoms with van der Waals surface area (Å²) in [4.78, 5) is 0. The van der Waals surface area contributed by atoms with Gasteiger partial charge in [-0.2, -0.15) is 0 Å². The second-order valence-corrected chi connectivity index (χ2v) is 6.73. The van der Waals surface area contributed by atoms with Gasteiger partial charge in [0.25, 0.3) is 0 Å². The zero-order valence-electron chi connectivity index (χ0n) is 16.4. The Labute approximate surface area is 156 Å². The van der Waals surface area contributed by atoms with Crippen molar-refractivity contribution < 1.29 is 14.2 Å². The van der Waals surface area contributed by atoms with Crippen molar-refractivity contribution in [3.05, 3.63) is 47.3 Å². The van der Waals surface area contributed by atoms with Crippen LogP contribution in [0.3, 0.4) is 0 Å². The van der Waals surface area contributed by atoms with Crippen molar-refractivity contribution >= 4 is 0 Å².